The maximum Gasteiger partial charge on any atom is 0.143 e. The number of anilines is 3. The summed E-state index contributed by atoms with van der Waals surface area (Å²) in [6, 6.07) is 80.2. The molecule has 1 unspecified atom stereocenters. The number of benzene rings is 10. The van der Waals surface area contributed by atoms with E-state index in [4.69, 9.17) is 8.83 Å². The second-order valence-electron chi connectivity index (χ2n) is 18.6. The van der Waals surface area contributed by atoms with Gasteiger partial charge in [-0.1, -0.05) is 188 Å². The van der Waals surface area contributed by atoms with Crippen molar-refractivity contribution in [2.75, 3.05) is 4.90 Å². The number of allylic oxidation sites excluding steroid dienone is 1. The van der Waals surface area contributed by atoms with Crippen molar-refractivity contribution in [1.82, 2.24) is 0 Å². The zero-order chi connectivity index (χ0) is 44.5. The van der Waals surface area contributed by atoms with Gasteiger partial charge in [-0.25, -0.2) is 0 Å². The van der Waals surface area contributed by atoms with E-state index in [1.165, 1.54) is 61.0 Å². The fourth-order valence-corrected chi connectivity index (χ4v) is 12.4. The van der Waals surface area contributed by atoms with E-state index in [0.29, 0.717) is 0 Å². The molecule has 0 radical (unpaired) electrons. The number of fused-ring (bicyclic) bond motifs is 18. The molecule has 15 rings (SSSR count). The summed E-state index contributed by atoms with van der Waals surface area (Å²) >= 11 is 0. The summed E-state index contributed by atoms with van der Waals surface area (Å²) in [7, 11) is 0. The minimum Gasteiger partial charge on any atom is -0.459 e. The highest BCUT2D eigenvalue weighted by molar-refractivity contribution is 6.10. The Morgan fingerprint density at radius 1 is 0.426 bits per heavy atom. The van der Waals surface area contributed by atoms with Gasteiger partial charge >= 0.3 is 0 Å². The Kier molecular flexibility index (Phi) is 7.83. The van der Waals surface area contributed by atoms with E-state index in [9.17, 15) is 0 Å². The van der Waals surface area contributed by atoms with Gasteiger partial charge < -0.3 is 13.7 Å². The van der Waals surface area contributed by atoms with E-state index in [0.717, 1.165) is 78.7 Å². The number of para-hydroxylation sites is 3. The van der Waals surface area contributed by atoms with E-state index < -0.39 is 5.41 Å². The first-order valence-corrected chi connectivity index (χ1v) is 23.7. The van der Waals surface area contributed by atoms with Crippen LogP contribution in [0, 0.1) is 0 Å². The van der Waals surface area contributed by atoms with Gasteiger partial charge in [-0.05, 0) is 110 Å². The molecule has 0 aliphatic heterocycles. The van der Waals surface area contributed by atoms with Crippen molar-refractivity contribution in [2.45, 2.75) is 17.8 Å². The predicted octanol–water partition coefficient (Wildman–Crippen LogP) is 17.5. The molecule has 1 atom stereocenters. The molecule has 3 aliphatic rings. The highest BCUT2D eigenvalue weighted by Gasteiger charge is 2.51. The summed E-state index contributed by atoms with van der Waals surface area (Å²) in [4.78, 5) is 2.49. The molecule has 0 saturated carbocycles. The Balaban J connectivity index is 0.953. The maximum atomic E-state index is 7.09. The third-order valence-electron chi connectivity index (χ3n) is 15.3. The van der Waals surface area contributed by atoms with Gasteiger partial charge in [0.05, 0.1) is 11.1 Å². The summed E-state index contributed by atoms with van der Waals surface area (Å²) in [5, 5.41) is 5.74. The van der Waals surface area contributed by atoms with Gasteiger partial charge in [0.25, 0.3) is 0 Å². The average molecular weight is 868 g/mol. The van der Waals surface area contributed by atoms with Crippen LogP contribution in [0.2, 0.25) is 0 Å². The molecule has 0 fully saturated rings. The van der Waals surface area contributed by atoms with Gasteiger partial charge in [0, 0.05) is 50.0 Å². The van der Waals surface area contributed by atoms with Gasteiger partial charge in [0.15, 0.2) is 0 Å². The van der Waals surface area contributed by atoms with Crippen LogP contribution in [0.25, 0.3) is 83.1 Å². The van der Waals surface area contributed by atoms with Crippen LogP contribution in [0.4, 0.5) is 17.1 Å². The van der Waals surface area contributed by atoms with E-state index in [-0.39, 0.29) is 5.92 Å². The molecule has 0 bridgehead atoms. The first-order valence-electron chi connectivity index (χ1n) is 23.7. The molecule has 2 aromatic heterocycles. The maximum absolute atomic E-state index is 7.09. The Bertz CT molecular complexity index is 4030. The standard InChI is InChI=1S/C65H41NO2/c1-2-16-44-40(15-1)33-37-55-54-25-14-23-52(64(54)68-63(44)55)50-20-6-11-29-60(50)66(42-34-31-41(32-35-42)45-22-13-24-53-51-21-7-12-30-61(51)67-62(45)53)43-36-38-49-48-19-5-10-28-58(48)65(59(49)39-43)56-26-8-3-17-46(56)47-18-4-9-27-57(47)65/h1-22,24-39,52H,23H2. The van der Waals surface area contributed by atoms with Crippen LogP contribution in [0.3, 0.4) is 0 Å². The zero-order valence-corrected chi connectivity index (χ0v) is 37.0. The van der Waals surface area contributed by atoms with Crippen molar-refractivity contribution in [3.05, 3.63) is 264 Å². The fourth-order valence-electron chi connectivity index (χ4n) is 12.4. The summed E-state index contributed by atoms with van der Waals surface area (Å²) in [5.41, 5.74) is 20.6. The number of rotatable bonds is 5. The molecular formula is C65H41NO2. The van der Waals surface area contributed by atoms with Crippen LogP contribution in [0.15, 0.2) is 233 Å². The third-order valence-corrected chi connectivity index (χ3v) is 15.3. The molecule has 68 heavy (non-hydrogen) atoms. The average Bonchev–Trinajstić information content (AvgIpc) is 4.15. The van der Waals surface area contributed by atoms with Crippen LogP contribution < -0.4 is 4.90 Å². The predicted molar refractivity (Wildman–Crippen MR) is 279 cm³/mol. The molecule has 0 N–H and O–H groups in total. The lowest BCUT2D eigenvalue weighted by Crippen LogP contribution is -2.26. The number of hydrogen-bond donors (Lipinski definition) is 0. The van der Waals surface area contributed by atoms with Gasteiger partial charge in [-0.3, -0.25) is 0 Å². The van der Waals surface area contributed by atoms with Gasteiger partial charge in [0.2, 0.25) is 0 Å². The Morgan fingerprint density at radius 3 is 1.82 bits per heavy atom. The molecule has 318 valence electrons. The van der Waals surface area contributed by atoms with E-state index in [1.807, 2.05) is 6.07 Å². The highest BCUT2D eigenvalue weighted by atomic mass is 16.3. The van der Waals surface area contributed by atoms with E-state index >= 15 is 0 Å². The normalized spacial score (nSPS) is 14.9. The molecular weight excluding hydrogens is 827 g/mol. The molecule has 2 heterocycles. The van der Waals surface area contributed by atoms with E-state index in [2.05, 4.69) is 229 Å². The lowest BCUT2D eigenvalue weighted by atomic mass is 9.70. The first-order chi connectivity index (χ1) is 33.7. The minimum absolute atomic E-state index is 0.0107. The summed E-state index contributed by atoms with van der Waals surface area (Å²) in [5.74, 6) is 1.01. The minimum atomic E-state index is -0.477. The quantitative estimate of drug-likeness (QED) is 0.173. The topological polar surface area (TPSA) is 29.5 Å². The molecule has 12 aromatic rings. The summed E-state index contributed by atoms with van der Waals surface area (Å²) in [6.45, 7) is 0. The van der Waals surface area contributed by atoms with Gasteiger partial charge in [-0.2, -0.15) is 0 Å². The Morgan fingerprint density at radius 2 is 1.04 bits per heavy atom. The highest BCUT2D eigenvalue weighted by Crippen LogP contribution is 2.63. The van der Waals surface area contributed by atoms with Crippen LogP contribution >= 0.6 is 0 Å². The molecule has 0 amide bonds. The zero-order valence-electron chi connectivity index (χ0n) is 37.0. The largest absolute Gasteiger partial charge is 0.459 e. The Hall–Kier alpha value is -8.66. The van der Waals surface area contributed by atoms with E-state index in [1.54, 1.807) is 0 Å². The molecule has 3 aliphatic carbocycles. The third kappa shape index (κ3) is 5.08. The van der Waals surface area contributed by atoms with Crippen LogP contribution in [0.5, 0.6) is 0 Å². The Labute approximate surface area is 393 Å². The summed E-state index contributed by atoms with van der Waals surface area (Å²) in [6.07, 6.45) is 5.42. The molecule has 3 heteroatoms. The molecule has 10 aromatic carbocycles. The van der Waals surface area contributed by atoms with Crippen molar-refractivity contribution in [2.24, 2.45) is 0 Å². The first kappa shape index (κ1) is 37.5. The van der Waals surface area contributed by atoms with Crippen molar-refractivity contribution < 1.29 is 8.83 Å². The second-order valence-corrected chi connectivity index (χ2v) is 18.6. The number of furan rings is 2. The lowest BCUT2D eigenvalue weighted by Gasteiger charge is -2.33. The van der Waals surface area contributed by atoms with Crippen LogP contribution in [-0.4, -0.2) is 0 Å². The van der Waals surface area contributed by atoms with Crippen LogP contribution in [0.1, 0.15) is 51.5 Å². The van der Waals surface area contributed by atoms with Crippen molar-refractivity contribution in [3.8, 4) is 33.4 Å². The van der Waals surface area contributed by atoms with Gasteiger partial charge in [0.1, 0.15) is 22.5 Å². The monoisotopic (exact) mass is 867 g/mol. The van der Waals surface area contributed by atoms with Crippen LogP contribution in [-0.2, 0) is 5.41 Å². The summed E-state index contributed by atoms with van der Waals surface area (Å²) < 4.78 is 13.6. The van der Waals surface area contributed by atoms with Crippen molar-refractivity contribution in [1.29, 1.82) is 0 Å². The smallest absolute Gasteiger partial charge is 0.143 e. The second kappa shape index (κ2) is 14.2. The molecule has 0 saturated heterocycles. The van der Waals surface area contributed by atoms with Crippen molar-refractivity contribution in [3.63, 3.8) is 0 Å². The number of hydrogen-bond acceptors (Lipinski definition) is 3. The fraction of sp³-hybridized carbons (Fsp3) is 0.0462. The SMILES string of the molecule is C1=Cc2c(oc3c2ccc2ccccc23)C(c2ccccc2N(c2ccc(-c3cccc4c3oc3ccccc34)cc2)c2ccc3c(c2)C2(c4ccccc4-c4ccccc42)c2ccccc2-3)C1. The van der Waals surface area contributed by atoms with Gasteiger partial charge in [-0.15, -0.1) is 0 Å². The number of nitrogens with zero attached hydrogens (tertiary/aromatic N) is 1. The molecule has 1 spiro atoms. The lowest BCUT2D eigenvalue weighted by molar-refractivity contribution is 0.519. The van der Waals surface area contributed by atoms with Crippen molar-refractivity contribution >= 4 is 66.8 Å². The molecule has 3 nitrogen and oxygen atoms in total.